The second-order valence-electron chi connectivity index (χ2n) is 12.8. The number of epoxide rings is 1. The van der Waals surface area contributed by atoms with Crippen LogP contribution in [0.15, 0.2) is 42.0 Å². The lowest BCUT2D eigenvalue weighted by Crippen LogP contribution is -2.43. The summed E-state index contributed by atoms with van der Waals surface area (Å²) >= 11 is 0. The van der Waals surface area contributed by atoms with Gasteiger partial charge in [0.2, 0.25) is 0 Å². The van der Waals surface area contributed by atoms with Crippen molar-refractivity contribution in [3.8, 4) is 0 Å². The minimum Gasteiger partial charge on any atom is -0.461 e. The molecule has 0 aromatic heterocycles. The van der Waals surface area contributed by atoms with Gasteiger partial charge >= 0.3 is 17.9 Å². The normalized spacial score (nSPS) is 41.8. The van der Waals surface area contributed by atoms with Crippen molar-refractivity contribution in [2.24, 2.45) is 29.1 Å². The van der Waals surface area contributed by atoms with Crippen LogP contribution in [0.5, 0.6) is 0 Å². The molecule has 9 nitrogen and oxygen atoms in total. The van der Waals surface area contributed by atoms with Crippen LogP contribution in [0, 0.1) is 29.1 Å². The van der Waals surface area contributed by atoms with Gasteiger partial charge in [-0.3, -0.25) is 14.4 Å². The molecule has 3 fully saturated rings. The van der Waals surface area contributed by atoms with Gasteiger partial charge in [-0.2, -0.15) is 0 Å². The molecule has 0 bridgehead atoms. The Labute approximate surface area is 240 Å². The molecule has 1 aromatic carbocycles. The molecule has 4 aliphatic rings. The highest BCUT2D eigenvalue weighted by Crippen LogP contribution is 2.68. The molecule has 222 valence electrons. The predicted molar refractivity (Wildman–Crippen MR) is 147 cm³/mol. The maximum Gasteiger partial charge on any atom is 0.338 e. The molecule has 41 heavy (non-hydrogen) atoms. The van der Waals surface area contributed by atoms with E-state index in [9.17, 15) is 19.2 Å². The van der Waals surface area contributed by atoms with Crippen molar-refractivity contribution in [1.82, 2.24) is 0 Å². The molecule has 3 aliphatic carbocycles. The van der Waals surface area contributed by atoms with Gasteiger partial charge in [0.1, 0.15) is 24.4 Å². The molecule has 1 heterocycles. The molecule has 10 atom stereocenters. The molecule has 5 rings (SSSR count). The summed E-state index contributed by atoms with van der Waals surface area (Å²) in [6.07, 6.45) is -0.802. The second kappa shape index (κ2) is 10.1. The number of ether oxygens (including phenoxy) is 5. The fraction of sp³-hybridized carbons (Fsp3) is 0.625. The number of fused-ring (bicyclic) bond motifs is 1. The molecule has 1 saturated heterocycles. The van der Waals surface area contributed by atoms with Gasteiger partial charge in [0.15, 0.2) is 17.0 Å². The van der Waals surface area contributed by atoms with Gasteiger partial charge in [0, 0.05) is 32.8 Å². The Morgan fingerprint density at radius 1 is 0.927 bits per heavy atom. The summed E-state index contributed by atoms with van der Waals surface area (Å²) in [6, 6.07) is 8.70. The van der Waals surface area contributed by atoms with Crippen LogP contribution >= 0.6 is 0 Å². The van der Waals surface area contributed by atoms with Crippen LogP contribution in [0.2, 0.25) is 0 Å². The van der Waals surface area contributed by atoms with Crippen molar-refractivity contribution in [2.75, 3.05) is 7.11 Å². The molecule has 0 amide bonds. The van der Waals surface area contributed by atoms with Gasteiger partial charge < -0.3 is 23.7 Å². The number of carbonyl (C=O) groups excluding carboxylic acids is 4. The zero-order chi connectivity index (χ0) is 30.1. The largest absolute Gasteiger partial charge is 0.461 e. The van der Waals surface area contributed by atoms with Crippen molar-refractivity contribution >= 4 is 23.7 Å². The van der Waals surface area contributed by atoms with E-state index >= 15 is 0 Å². The van der Waals surface area contributed by atoms with E-state index in [1.807, 2.05) is 33.8 Å². The Kier molecular flexibility index (Phi) is 7.22. The zero-order valence-corrected chi connectivity index (χ0v) is 25.0. The van der Waals surface area contributed by atoms with Gasteiger partial charge in [-0.05, 0) is 48.5 Å². The lowest BCUT2D eigenvalue weighted by atomic mass is 9.80. The number of benzene rings is 1. The number of carbonyl (C=O) groups is 4. The van der Waals surface area contributed by atoms with Crippen molar-refractivity contribution in [1.29, 1.82) is 0 Å². The number of hydrogen-bond acceptors (Lipinski definition) is 9. The van der Waals surface area contributed by atoms with Crippen LogP contribution in [-0.4, -0.2) is 66.4 Å². The first kappa shape index (κ1) is 29.5. The molecule has 9 heteroatoms. The Hall–Kier alpha value is -3.04. The third-order valence-corrected chi connectivity index (χ3v) is 9.79. The monoisotopic (exact) mass is 568 g/mol. The Morgan fingerprint density at radius 2 is 1.54 bits per heavy atom. The number of Topliss-reactive ketones (excluding diaryl/α,β-unsaturated/α-hetero) is 1. The summed E-state index contributed by atoms with van der Waals surface area (Å²) < 4.78 is 30.3. The van der Waals surface area contributed by atoms with Crippen LogP contribution < -0.4 is 0 Å². The summed E-state index contributed by atoms with van der Waals surface area (Å²) in [5.74, 6) is -3.00. The van der Waals surface area contributed by atoms with E-state index in [1.54, 1.807) is 44.4 Å². The highest BCUT2D eigenvalue weighted by atomic mass is 16.7. The number of esters is 3. The quantitative estimate of drug-likeness (QED) is 0.224. The first-order valence-electron chi connectivity index (χ1n) is 14.3. The minimum absolute atomic E-state index is 0.184. The van der Waals surface area contributed by atoms with Gasteiger partial charge in [0.05, 0.1) is 11.5 Å². The van der Waals surface area contributed by atoms with Gasteiger partial charge in [0.25, 0.3) is 0 Å². The highest BCUT2D eigenvalue weighted by molar-refractivity contribution is 5.96. The Balaban J connectivity index is 1.67. The lowest BCUT2D eigenvalue weighted by Gasteiger charge is -2.30. The zero-order valence-electron chi connectivity index (χ0n) is 25.0. The molecule has 0 unspecified atom stereocenters. The van der Waals surface area contributed by atoms with Gasteiger partial charge in [-0.15, -0.1) is 0 Å². The predicted octanol–water partition coefficient (Wildman–Crippen LogP) is 4.08. The Bertz CT molecular complexity index is 1290. The lowest BCUT2D eigenvalue weighted by molar-refractivity contribution is -0.154. The van der Waals surface area contributed by atoms with Crippen LogP contribution in [0.4, 0.5) is 0 Å². The molecule has 1 aromatic rings. The van der Waals surface area contributed by atoms with Crippen LogP contribution in [0.1, 0.15) is 65.2 Å². The Morgan fingerprint density at radius 3 is 2.12 bits per heavy atom. The number of methoxy groups -OCH3 is 1. The molecule has 0 spiro atoms. The molecular weight excluding hydrogens is 528 g/mol. The van der Waals surface area contributed by atoms with E-state index in [-0.39, 0.29) is 23.5 Å². The van der Waals surface area contributed by atoms with Crippen molar-refractivity contribution in [3.63, 3.8) is 0 Å². The van der Waals surface area contributed by atoms with E-state index < -0.39 is 64.9 Å². The molecule has 0 N–H and O–H groups in total. The van der Waals surface area contributed by atoms with Crippen LogP contribution in [-0.2, 0) is 38.1 Å². The summed E-state index contributed by atoms with van der Waals surface area (Å²) in [4.78, 5) is 52.2. The molecule has 2 saturated carbocycles. The summed E-state index contributed by atoms with van der Waals surface area (Å²) in [7, 11) is 1.57. The van der Waals surface area contributed by atoms with E-state index in [4.69, 9.17) is 23.7 Å². The van der Waals surface area contributed by atoms with Crippen molar-refractivity contribution in [3.05, 3.63) is 47.5 Å². The minimum atomic E-state index is -1.26. The van der Waals surface area contributed by atoms with E-state index in [0.29, 0.717) is 17.6 Å². The van der Waals surface area contributed by atoms with Crippen molar-refractivity contribution < 1.29 is 42.9 Å². The molecular formula is C32H40O9. The number of rotatable bonds is 5. The molecule has 1 aliphatic heterocycles. The summed E-state index contributed by atoms with van der Waals surface area (Å²) in [5, 5.41) is 0. The standard InChI is InChI=1S/C32H40O9/c1-16-14-32-28(39-20(5)34)17(2)15-31(32,41-32)27(35)18(3)25(38-19(4)33)22-23(30(22,6)7)26(37-8)24(16)40-29(36)21-12-10-9-11-13-21/h9-14,17-18,22-26,28H,15H2,1-8H3/b16-14+/t17-,18+,22-,23+,24+,25-,26+,28-,31-,32-/m0/s1. The fourth-order valence-corrected chi connectivity index (χ4v) is 7.91. The maximum absolute atomic E-state index is 14.4. The topological polar surface area (TPSA) is 118 Å². The third kappa shape index (κ3) is 4.52. The highest BCUT2D eigenvalue weighted by Gasteiger charge is 2.84. The average molecular weight is 569 g/mol. The van der Waals surface area contributed by atoms with Crippen LogP contribution in [0.25, 0.3) is 0 Å². The number of hydrogen-bond donors (Lipinski definition) is 0. The van der Waals surface area contributed by atoms with Crippen molar-refractivity contribution in [2.45, 2.75) is 90.5 Å². The first-order valence-corrected chi connectivity index (χ1v) is 14.3. The average Bonchev–Trinajstić information content (AvgIpc) is 3.70. The second-order valence-corrected chi connectivity index (χ2v) is 12.8. The van der Waals surface area contributed by atoms with E-state index in [0.717, 1.165) is 0 Å². The molecule has 0 radical (unpaired) electrons. The first-order chi connectivity index (χ1) is 19.2. The summed E-state index contributed by atoms with van der Waals surface area (Å²) in [5.41, 5.74) is -1.88. The van der Waals surface area contributed by atoms with E-state index in [1.165, 1.54) is 13.8 Å². The fourth-order valence-electron chi connectivity index (χ4n) is 7.91. The van der Waals surface area contributed by atoms with Crippen LogP contribution in [0.3, 0.4) is 0 Å². The summed E-state index contributed by atoms with van der Waals surface area (Å²) in [6.45, 7) is 12.3. The smallest absolute Gasteiger partial charge is 0.338 e. The van der Waals surface area contributed by atoms with E-state index in [2.05, 4.69) is 0 Å². The number of ketones is 1. The third-order valence-electron chi connectivity index (χ3n) is 9.79. The van der Waals surface area contributed by atoms with Gasteiger partial charge in [-0.1, -0.05) is 45.9 Å². The van der Waals surface area contributed by atoms with Gasteiger partial charge in [-0.25, -0.2) is 4.79 Å². The maximum atomic E-state index is 14.4. The SMILES string of the molecule is CO[C@@H]1[C@H]2[C@@H]([C@@H](OC(C)=O)[C@@H](C)C(=O)[C@@]34C[C@H](C)[C@H](OC(C)=O)[C@]3(/C=C(\C)[C@H]1OC(=O)c1ccccc1)O4)C2(C)C.